The molecule has 1 atom stereocenters. The van der Waals surface area contributed by atoms with Crippen LogP contribution in [0.5, 0.6) is 0 Å². The molecule has 0 aromatic carbocycles. The average molecular weight is 282 g/mol. The molecular weight excluding hydrogens is 262 g/mol. The second kappa shape index (κ2) is 6.80. The van der Waals surface area contributed by atoms with E-state index in [1.54, 1.807) is 6.92 Å². The SMILES string of the molecule is Cc1[nH]c(=O)[nH]c(=O)c1C=NNC(=O)C([NH3+])CC(C)C. The first-order chi connectivity index (χ1) is 9.31. The molecule has 110 valence electrons. The molecule has 0 saturated carbocycles. The Kier molecular flexibility index (Phi) is 5.39. The molecule has 0 bridgehead atoms. The zero-order valence-corrected chi connectivity index (χ0v) is 11.8. The van der Waals surface area contributed by atoms with Crippen LogP contribution in [0.15, 0.2) is 14.7 Å². The van der Waals surface area contributed by atoms with E-state index < -0.39 is 17.3 Å². The van der Waals surface area contributed by atoms with Gasteiger partial charge in [0.15, 0.2) is 6.04 Å². The van der Waals surface area contributed by atoms with E-state index in [1.165, 1.54) is 6.21 Å². The number of amides is 1. The summed E-state index contributed by atoms with van der Waals surface area (Å²) in [6.07, 6.45) is 1.85. The molecular formula is C12H20N5O3+. The molecule has 1 rings (SSSR count). The summed E-state index contributed by atoms with van der Waals surface area (Å²) in [6, 6.07) is -0.401. The number of carbonyl (C=O) groups excluding carboxylic acids is 1. The highest BCUT2D eigenvalue weighted by molar-refractivity contribution is 5.84. The number of hydrazone groups is 1. The predicted octanol–water partition coefficient (Wildman–Crippen LogP) is -1.52. The number of rotatable bonds is 5. The molecule has 0 radical (unpaired) electrons. The largest absolute Gasteiger partial charge is 0.347 e. The molecule has 8 heteroatoms. The highest BCUT2D eigenvalue weighted by atomic mass is 16.2. The molecule has 0 saturated heterocycles. The monoisotopic (exact) mass is 282 g/mol. The molecule has 20 heavy (non-hydrogen) atoms. The Morgan fingerprint density at radius 2 is 2.05 bits per heavy atom. The van der Waals surface area contributed by atoms with Crippen LogP contribution >= 0.6 is 0 Å². The van der Waals surface area contributed by atoms with Gasteiger partial charge in [-0.1, -0.05) is 13.8 Å². The summed E-state index contributed by atoms with van der Waals surface area (Å²) in [5.74, 6) is 0.0463. The number of nitrogens with zero attached hydrogens (tertiary/aromatic N) is 1. The first-order valence-electron chi connectivity index (χ1n) is 6.30. The fourth-order valence-electron chi connectivity index (χ4n) is 1.69. The summed E-state index contributed by atoms with van der Waals surface area (Å²) in [5.41, 5.74) is 5.51. The number of nitrogens with one attached hydrogen (secondary N) is 3. The molecule has 1 amide bonds. The van der Waals surface area contributed by atoms with Gasteiger partial charge in [0.2, 0.25) is 0 Å². The lowest BCUT2D eigenvalue weighted by molar-refractivity contribution is -0.406. The summed E-state index contributed by atoms with van der Waals surface area (Å²) in [4.78, 5) is 38.7. The van der Waals surface area contributed by atoms with Crippen molar-refractivity contribution < 1.29 is 10.5 Å². The van der Waals surface area contributed by atoms with Gasteiger partial charge in [-0.2, -0.15) is 5.10 Å². The zero-order valence-electron chi connectivity index (χ0n) is 11.8. The third-order valence-electron chi connectivity index (χ3n) is 2.67. The lowest BCUT2D eigenvalue weighted by Gasteiger charge is -2.08. The maximum Gasteiger partial charge on any atom is 0.325 e. The Morgan fingerprint density at radius 1 is 1.40 bits per heavy atom. The maximum absolute atomic E-state index is 11.7. The van der Waals surface area contributed by atoms with Crippen molar-refractivity contribution in [1.82, 2.24) is 15.4 Å². The van der Waals surface area contributed by atoms with Gasteiger partial charge in [-0.3, -0.25) is 14.6 Å². The Bertz CT molecular complexity index is 614. The van der Waals surface area contributed by atoms with Crippen LogP contribution in [0.25, 0.3) is 0 Å². The van der Waals surface area contributed by atoms with Gasteiger partial charge in [-0.25, -0.2) is 10.2 Å². The molecule has 0 aliphatic carbocycles. The minimum Gasteiger partial charge on any atom is -0.347 e. The highest BCUT2D eigenvalue weighted by Gasteiger charge is 2.17. The van der Waals surface area contributed by atoms with E-state index in [0.717, 1.165) is 0 Å². The third-order valence-corrected chi connectivity index (χ3v) is 2.67. The Hall–Kier alpha value is -2.22. The molecule has 0 fully saturated rings. The van der Waals surface area contributed by atoms with Crippen LogP contribution < -0.4 is 22.4 Å². The van der Waals surface area contributed by atoms with Crippen LogP contribution in [0, 0.1) is 12.8 Å². The Labute approximate surface area is 115 Å². The molecule has 8 nitrogen and oxygen atoms in total. The topological polar surface area (TPSA) is 135 Å². The second-order valence-electron chi connectivity index (χ2n) is 5.01. The number of quaternary nitrogens is 1. The van der Waals surface area contributed by atoms with Crippen molar-refractivity contribution in [2.24, 2.45) is 11.0 Å². The number of hydrogen-bond donors (Lipinski definition) is 4. The summed E-state index contributed by atoms with van der Waals surface area (Å²) in [7, 11) is 0. The summed E-state index contributed by atoms with van der Waals surface area (Å²) in [6.45, 7) is 5.57. The van der Waals surface area contributed by atoms with Gasteiger partial charge in [0.25, 0.3) is 11.5 Å². The standard InChI is InChI=1S/C12H19N5O3/c1-6(2)4-9(13)11(19)17-14-5-8-7(3)15-12(20)16-10(8)18/h5-6,9H,4,13H2,1-3H3,(H,17,19)(H2,15,16,18,20)/p+1. The van der Waals surface area contributed by atoms with Crippen LogP contribution in [-0.2, 0) is 4.79 Å². The Balaban J connectivity index is 2.73. The van der Waals surface area contributed by atoms with Crippen LogP contribution in [0.3, 0.4) is 0 Å². The fraction of sp³-hybridized carbons (Fsp3) is 0.500. The number of aromatic amines is 2. The zero-order chi connectivity index (χ0) is 15.3. The van der Waals surface area contributed by atoms with E-state index in [1.807, 2.05) is 13.8 Å². The van der Waals surface area contributed by atoms with Crippen molar-refractivity contribution in [1.29, 1.82) is 0 Å². The normalized spacial score (nSPS) is 12.8. The molecule has 6 N–H and O–H groups in total. The summed E-state index contributed by atoms with van der Waals surface area (Å²) < 4.78 is 0. The fourth-order valence-corrected chi connectivity index (χ4v) is 1.69. The van der Waals surface area contributed by atoms with E-state index in [2.05, 4.69) is 26.2 Å². The van der Waals surface area contributed by atoms with Crippen LogP contribution in [-0.4, -0.2) is 28.1 Å². The molecule has 0 aliphatic heterocycles. The van der Waals surface area contributed by atoms with Crippen molar-refractivity contribution in [3.05, 3.63) is 32.1 Å². The van der Waals surface area contributed by atoms with E-state index >= 15 is 0 Å². The highest BCUT2D eigenvalue weighted by Crippen LogP contribution is 2.01. The number of carbonyl (C=O) groups is 1. The van der Waals surface area contributed by atoms with Gasteiger partial charge >= 0.3 is 5.69 Å². The van der Waals surface area contributed by atoms with Crippen LogP contribution in [0.2, 0.25) is 0 Å². The van der Waals surface area contributed by atoms with Crippen molar-refractivity contribution in [2.45, 2.75) is 33.2 Å². The van der Waals surface area contributed by atoms with Crippen LogP contribution in [0.4, 0.5) is 0 Å². The molecule has 1 unspecified atom stereocenters. The van der Waals surface area contributed by atoms with Gasteiger partial charge < -0.3 is 10.7 Å². The summed E-state index contributed by atoms with van der Waals surface area (Å²) in [5, 5.41) is 3.71. The van der Waals surface area contributed by atoms with Crippen LogP contribution in [0.1, 0.15) is 31.5 Å². The number of aryl methyl sites for hydroxylation is 1. The van der Waals surface area contributed by atoms with Crippen molar-refractivity contribution in [3.8, 4) is 0 Å². The minimum absolute atomic E-state index is 0.189. The molecule has 0 spiro atoms. The van der Waals surface area contributed by atoms with E-state index in [9.17, 15) is 14.4 Å². The lowest BCUT2D eigenvalue weighted by atomic mass is 10.0. The van der Waals surface area contributed by atoms with Gasteiger partial charge in [-0.15, -0.1) is 0 Å². The molecule has 1 aromatic heterocycles. The van der Waals surface area contributed by atoms with E-state index in [-0.39, 0.29) is 11.5 Å². The lowest BCUT2D eigenvalue weighted by Crippen LogP contribution is -2.67. The number of hydrogen-bond acceptors (Lipinski definition) is 4. The van der Waals surface area contributed by atoms with E-state index in [4.69, 9.17) is 0 Å². The first kappa shape index (κ1) is 15.8. The van der Waals surface area contributed by atoms with Gasteiger partial charge in [-0.05, 0) is 12.8 Å². The minimum atomic E-state index is -0.580. The third kappa shape index (κ3) is 4.47. The van der Waals surface area contributed by atoms with Gasteiger partial charge in [0, 0.05) is 12.1 Å². The number of H-pyrrole nitrogens is 2. The molecule has 1 aromatic rings. The van der Waals surface area contributed by atoms with E-state index in [0.29, 0.717) is 18.0 Å². The van der Waals surface area contributed by atoms with Crippen molar-refractivity contribution >= 4 is 12.1 Å². The van der Waals surface area contributed by atoms with Gasteiger partial charge in [0.1, 0.15) is 0 Å². The predicted molar refractivity (Wildman–Crippen MR) is 74.3 cm³/mol. The van der Waals surface area contributed by atoms with Gasteiger partial charge in [0.05, 0.1) is 11.8 Å². The average Bonchev–Trinajstić information content (AvgIpc) is 2.31. The summed E-state index contributed by atoms with van der Waals surface area (Å²) >= 11 is 0. The Morgan fingerprint density at radius 3 is 2.60 bits per heavy atom. The first-order valence-corrected chi connectivity index (χ1v) is 6.30. The molecule has 0 aliphatic rings. The smallest absolute Gasteiger partial charge is 0.325 e. The maximum atomic E-state index is 11.7. The number of aromatic nitrogens is 2. The quantitative estimate of drug-likeness (QED) is 0.385. The second-order valence-corrected chi connectivity index (χ2v) is 5.01. The molecule has 1 heterocycles. The van der Waals surface area contributed by atoms with Crippen molar-refractivity contribution in [2.75, 3.05) is 0 Å². The van der Waals surface area contributed by atoms with Crippen molar-refractivity contribution in [3.63, 3.8) is 0 Å².